The summed E-state index contributed by atoms with van der Waals surface area (Å²) in [7, 11) is 1.26. The summed E-state index contributed by atoms with van der Waals surface area (Å²) in [5.74, 6) is -1.87. The van der Waals surface area contributed by atoms with Gasteiger partial charge in [0.05, 0.1) is 17.7 Å². The second-order valence-corrected chi connectivity index (χ2v) is 3.03. The number of phenolic OH excluding ortho intramolecular Hbond substituents is 1. The lowest BCUT2D eigenvalue weighted by Gasteiger charge is -2.09. The monoisotopic (exact) mass is 218 g/mol. The summed E-state index contributed by atoms with van der Waals surface area (Å²) in [6, 6.07) is 0.799. The Morgan fingerprint density at radius 2 is 2.21 bits per heavy atom. The molecule has 5 heteroatoms. The largest absolute Gasteiger partial charge is 0.504 e. The molecule has 0 fully saturated rings. The average Bonchev–Trinajstić information content (AvgIpc) is 2.10. The van der Waals surface area contributed by atoms with E-state index in [-0.39, 0.29) is 16.3 Å². The van der Waals surface area contributed by atoms with Crippen molar-refractivity contribution in [1.82, 2.24) is 0 Å². The van der Waals surface area contributed by atoms with Gasteiger partial charge in [0.2, 0.25) is 0 Å². The molecule has 0 saturated carbocycles. The van der Waals surface area contributed by atoms with Gasteiger partial charge in [-0.2, -0.15) is 0 Å². The van der Waals surface area contributed by atoms with Crippen molar-refractivity contribution in [2.75, 3.05) is 7.11 Å². The Morgan fingerprint density at radius 1 is 1.64 bits per heavy atom. The molecule has 0 unspecified atom stereocenters. The van der Waals surface area contributed by atoms with Crippen molar-refractivity contribution in [3.63, 3.8) is 0 Å². The molecular formula is C9H8ClFO3. The van der Waals surface area contributed by atoms with Crippen LogP contribution in [0.15, 0.2) is 6.07 Å². The minimum Gasteiger partial charge on any atom is -0.504 e. The maximum absolute atomic E-state index is 13.0. The Hall–Kier alpha value is -1.29. The molecule has 1 aromatic carbocycles. The van der Waals surface area contributed by atoms with Gasteiger partial charge in [0, 0.05) is 6.07 Å². The summed E-state index contributed by atoms with van der Waals surface area (Å²) < 4.78 is 17.8. The van der Waals surface area contributed by atoms with E-state index in [0.717, 1.165) is 6.07 Å². The average molecular weight is 219 g/mol. The molecule has 0 heterocycles. The summed E-state index contributed by atoms with van der Waals surface area (Å²) in [6.45, 7) is 1.21. The molecular weight excluding hydrogens is 211 g/mol. The number of rotatable bonds is 2. The van der Waals surface area contributed by atoms with Crippen molar-refractivity contribution in [3.05, 3.63) is 22.5 Å². The number of Topliss-reactive ketones (excluding diaryl/α,β-unsaturated/α-hetero) is 1. The van der Waals surface area contributed by atoms with Gasteiger partial charge >= 0.3 is 0 Å². The van der Waals surface area contributed by atoms with Gasteiger partial charge in [-0.3, -0.25) is 4.79 Å². The van der Waals surface area contributed by atoms with Crippen LogP contribution in [0.2, 0.25) is 5.02 Å². The van der Waals surface area contributed by atoms with Crippen LogP contribution in [0.25, 0.3) is 0 Å². The van der Waals surface area contributed by atoms with Gasteiger partial charge in [-0.25, -0.2) is 4.39 Å². The number of hydrogen-bond donors (Lipinski definition) is 1. The highest BCUT2D eigenvalue weighted by Crippen LogP contribution is 2.37. The fourth-order valence-corrected chi connectivity index (χ4v) is 1.39. The molecule has 0 bridgehead atoms. The molecule has 0 spiro atoms. The zero-order valence-electron chi connectivity index (χ0n) is 7.60. The maximum atomic E-state index is 13.0. The number of methoxy groups -OCH3 is 1. The quantitative estimate of drug-likeness (QED) is 0.776. The van der Waals surface area contributed by atoms with Gasteiger partial charge in [-0.05, 0) is 6.92 Å². The first-order valence-electron chi connectivity index (χ1n) is 3.75. The molecule has 0 saturated heterocycles. The molecule has 0 aromatic heterocycles. The van der Waals surface area contributed by atoms with Gasteiger partial charge < -0.3 is 9.84 Å². The Morgan fingerprint density at radius 3 is 2.64 bits per heavy atom. The van der Waals surface area contributed by atoms with E-state index >= 15 is 0 Å². The van der Waals surface area contributed by atoms with Crippen molar-refractivity contribution >= 4 is 17.4 Å². The van der Waals surface area contributed by atoms with E-state index in [2.05, 4.69) is 0 Å². The highest BCUT2D eigenvalue weighted by atomic mass is 35.5. The summed E-state index contributed by atoms with van der Waals surface area (Å²) in [5, 5.41) is 8.93. The molecule has 3 nitrogen and oxygen atoms in total. The number of carbonyl (C=O) groups excluding carboxylic acids is 1. The zero-order chi connectivity index (χ0) is 10.9. The summed E-state index contributed by atoms with van der Waals surface area (Å²) in [4.78, 5) is 11.1. The first kappa shape index (κ1) is 10.8. The van der Waals surface area contributed by atoms with Crippen LogP contribution < -0.4 is 4.74 Å². The Kier molecular flexibility index (Phi) is 2.96. The van der Waals surface area contributed by atoms with Gasteiger partial charge in [0.25, 0.3) is 0 Å². The Bertz CT molecular complexity index is 390. The number of phenols is 1. The lowest BCUT2D eigenvalue weighted by Crippen LogP contribution is -2.00. The third-order valence-electron chi connectivity index (χ3n) is 1.71. The fourth-order valence-electron chi connectivity index (χ4n) is 1.12. The van der Waals surface area contributed by atoms with Gasteiger partial charge in [0.1, 0.15) is 5.82 Å². The van der Waals surface area contributed by atoms with Crippen LogP contribution in [0.1, 0.15) is 17.3 Å². The van der Waals surface area contributed by atoms with Gasteiger partial charge in [-0.15, -0.1) is 0 Å². The number of ketones is 1. The molecule has 1 aromatic rings. The topological polar surface area (TPSA) is 46.5 Å². The molecule has 0 aliphatic heterocycles. The molecule has 1 rings (SSSR count). The number of ether oxygens (including phenoxy) is 1. The van der Waals surface area contributed by atoms with Gasteiger partial charge in [0.15, 0.2) is 17.3 Å². The van der Waals surface area contributed by atoms with E-state index in [1.807, 2.05) is 0 Å². The lowest BCUT2D eigenvalue weighted by molar-refractivity contribution is 0.101. The summed E-state index contributed by atoms with van der Waals surface area (Å²) >= 11 is 5.56. The van der Waals surface area contributed by atoms with Crippen LogP contribution in [-0.4, -0.2) is 18.0 Å². The molecule has 76 valence electrons. The third kappa shape index (κ3) is 1.65. The number of halogens is 2. The van der Waals surface area contributed by atoms with Crippen molar-refractivity contribution in [2.45, 2.75) is 6.92 Å². The van der Waals surface area contributed by atoms with Crippen LogP contribution in [0, 0.1) is 5.82 Å². The molecule has 0 aliphatic carbocycles. The SMILES string of the molecule is COc1c(O)cc(F)c(Cl)c1C(C)=O. The normalized spacial score (nSPS) is 10.0. The summed E-state index contributed by atoms with van der Waals surface area (Å²) in [5.41, 5.74) is -0.147. The number of benzene rings is 1. The van der Waals surface area contributed by atoms with Crippen molar-refractivity contribution in [2.24, 2.45) is 0 Å². The highest BCUT2D eigenvalue weighted by Gasteiger charge is 2.20. The third-order valence-corrected chi connectivity index (χ3v) is 2.08. The van der Waals surface area contributed by atoms with Crippen molar-refractivity contribution in [3.8, 4) is 11.5 Å². The number of hydrogen-bond acceptors (Lipinski definition) is 3. The molecule has 14 heavy (non-hydrogen) atoms. The van der Waals surface area contributed by atoms with Crippen molar-refractivity contribution < 1.29 is 19.0 Å². The van der Waals surface area contributed by atoms with Crippen LogP contribution in [0.3, 0.4) is 0 Å². The smallest absolute Gasteiger partial charge is 0.172 e. The maximum Gasteiger partial charge on any atom is 0.172 e. The predicted molar refractivity (Wildman–Crippen MR) is 49.6 cm³/mol. The highest BCUT2D eigenvalue weighted by molar-refractivity contribution is 6.34. The minimum atomic E-state index is -0.852. The van der Waals surface area contributed by atoms with Crippen LogP contribution in [0.4, 0.5) is 4.39 Å². The van der Waals surface area contributed by atoms with E-state index < -0.39 is 17.3 Å². The second-order valence-electron chi connectivity index (χ2n) is 2.66. The fraction of sp³-hybridized carbons (Fsp3) is 0.222. The van der Waals surface area contributed by atoms with Gasteiger partial charge in [-0.1, -0.05) is 11.6 Å². The lowest BCUT2D eigenvalue weighted by atomic mass is 10.1. The molecule has 0 aliphatic rings. The standard InChI is InChI=1S/C9H8ClFO3/c1-4(12)7-8(10)5(11)3-6(13)9(7)14-2/h3,13H,1-2H3. The van der Waals surface area contributed by atoms with E-state index in [0.29, 0.717) is 0 Å². The predicted octanol–water partition coefficient (Wildman–Crippen LogP) is 2.40. The first-order valence-corrected chi connectivity index (χ1v) is 4.12. The van der Waals surface area contributed by atoms with Crippen molar-refractivity contribution in [1.29, 1.82) is 0 Å². The van der Waals surface area contributed by atoms with E-state index in [4.69, 9.17) is 16.3 Å². The van der Waals surface area contributed by atoms with Crippen LogP contribution in [-0.2, 0) is 0 Å². The van der Waals surface area contributed by atoms with Crippen LogP contribution in [0.5, 0.6) is 11.5 Å². The van der Waals surface area contributed by atoms with Crippen LogP contribution >= 0.6 is 11.6 Å². The number of aromatic hydroxyl groups is 1. The van der Waals surface area contributed by atoms with E-state index in [1.165, 1.54) is 14.0 Å². The van der Waals surface area contributed by atoms with E-state index in [1.54, 1.807) is 0 Å². The first-order chi connectivity index (χ1) is 6.49. The molecule has 0 amide bonds. The molecule has 1 N–H and O–H groups in total. The summed E-state index contributed by atoms with van der Waals surface area (Å²) in [6.07, 6.45) is 0. The number of carbonyl (C=O) groups is 1. The second kappa shape index (κ2) is 3.84. The Labute approximate surface area is 85.1 Å². The Balaban J connectivity index is 3.56. The molecule has 0 atom stereocenters. The zero-order valence-corrected chi connectivity index (χ0v) is 8.35. The van der Waals surface area contributed by atoms with E-state index in [9.17, 15) is 14.3 Å². The minimum absolute atomic E-state index is 0.107. The molecule has 0 radical (unpaired) electrons.